The van der Waals surface area contributed by atoms with Crippen LogP contribution in [0.2, 0.25) is 0 Å². The van der Waals surface area contributed by atoms with Crippen LogP contribution in [0.15, 0.2) is 24.3 Å². The van der Waals surface area contributed by atoms with E-state index >= 15 is 0 Å². The number of hydrogen-bond donors (Lipinski definition) is 3. The molecule has 1 saturated heterocycles. The van der Waals surface area contributed by atoms with Crippen molar-refractivity contribution >= 4 is 29.9 Å². The summed E-state index contributed by atoms with van der Waals surface area (Å²) in [6, 6.07) is 7.09. The van der Waals surface area contributed by atoms with Crippen LogP contribution in [0.25, 0.3) is 0 Å². The minimum absolute atomic E-state index is 0. The number of benzene rings is 1. The van der Waals surface area contributed by atoms with E-state index in [4.69, 9.17) is 4.74 Å². The molecule has 7 heteroatoms. The lowest BCUT2D eigenvalue weighted by Gasteiger charge is -2.22. The predicted octanol–water partition coefficient (Wildman–Crippen LogP) is 0.671. The zero-order valence-electron chi connectivity index (χ0n) is 11.8. The van der Waals surface area contributed by atoms with Gasteiger partial charge in [-0.15, -0.1) is 12.4 Å². The summed E-state index contributed by atoms with van der Waals surface area (Å²) in [6.45, 7) is 3.68. The van der Waals surface area contributed by atoms with Crippen molar-refractivity contribution in [1.29, 1.82) is 0 Å². The first kappa shape index (κ1) is 17.4. The first-order valence-electron chi connectivity index (χ1n) is 6.60. The number of rotatable bonds is 4. The minimum Gasteiger partial charge on any atom is -0.378 e. The normalized spacial score (nSPS) is 17.5. The van der Waals surface area contributed by atoms with Crippen molar-refractivity contribution in [2.45, 2.75) is 19.5 Å². The summed E-state index contributed by atoms with van der Waals surface area (Å²) in [6.07, 6.45) is 0. The molecule has 0 aromatic heterocycles. The number of nitrogens with one attached hydrogen (secondary N) is 3. The molecule has 1 aromatic rings. The van der Waals surface area contributed by atoms with Crippen LogP contribution >= 0.6 is 12.4 Å². The quantitative estimate of drug-likeness (QED) is 0.763. The Labute approximate surface area is 130 Å². The van der Waals surface area contributed by atoms with Crippen LogP contribution in [-0.4, -0.2) is 37.6 Å². The van der Waals surface area contributed by atoms with Gasteiger partial charge in [0.2, 0.25) is 11.8 Å². The van der Waals surface area contributed by atoms with Crippen molar-refractivity contribution in [3.05, 3.63) is 29.8 Å². The van der Waals surface area contributed by atoms with Crippen molar-refractivity contribution in [2.24, 2.45) is 0 Å². The van der Waals surface area contributed by atoms with Gasteiger partial charge in [-0.3, -0.25) is 9.59 Å². The average Bonchev–Trinajstić information content (AvgIpc) is 2.46. The van der Waals surface area contributed by atoms with Crippen LogP contribution in [0.5, 0.6) is 0 Å². The van der Waals surface area contributed by atoms with E-state index in [-0.39, 0.29) is 30.3 Å². The Morgan fingerprint density at radius 2 is 2.05 bits per heavy atom. The first-order valence-corrected chi connectivity index (χ1v) is 6.60. The number of halogens is 1. The standard InChI is InChI=1S/C14H19N3O3.ClH/c1-10(18)17-12-4-2-11(3-5-12)8-16-14(19)13-9-20-7-6-15-13;/h2-5,13,15H,6-9H2,1H3,(H,16,19)(H,17,18);1H. The summed E-state index contributed by atoms with van der Waals surface area (Å²) in [4.78, 5) is 22.8. The predicted molar refractivity (Wildman–Crippen MR) is 82.5 cm³/mol. The lowest BCUT2D eigenvalue weighted by molar-refractivity contribution is -0.126. The van der Waals surface area contributed by atoms with Gasteiger partial charge in [0.25, 0.3) is 0 Å². The van der Waals surface area contributed by atoms with Gasteiger partial charge in [-0.2, -0.15) is 0 Å². The molecule has 1 unspecified atom stereocenters. The number of amides is 2. The van der Waals surface area contributed by atoms with Crippen molar-refractivity contribution in [3.63, 3.8) is 0 Å². The van der Waals surface area contributed by atoms with Crippen LogP contribution in [-0.2, 0) is 20.9 Å². The molecular weight excluding hydrogens is 294 g/mol. The monoisotopic (exact) mass is 313 g/mol. The molecule has 1 atom stereocenters. The van der Waals surface area contributed by atoms with Gasteiger partial charge < -0.3 is 20.7 Å². The summed E-state index contributed by atoms with van der Waals surface area (Å²) in [5, 5.41) is 8.66. The summed E-state index contributed by atoms with van der Waals surface area (Å²) >= 11 is 0. The average molecular weight is 314 g/mol. The van der Waals surface area contributed by atoms with Gasteiger partial charge in [0, 0.05) is 25.7 Å². The van der Waals surface area contributed by atoms with Gasteiger partial charge in [0.1, 0.15) is 6.04 Å². The second-order valence-electron chi connectivity index (χ2n) is 4.68. The van der Waals surface area contributed by atoms with Crippen LogP contribution in [0, 0.1) is 0 Å². The molecule has 3 N–H and O–H groups in total. The highest BCUT2D eigenvalue weighted by molar-refractivity contribution is 5.88. The summed E-state index contributed by atoms with van der Waals surface area (Å²) in [7, 11) is 0. The van der Waals surface area contributed by atoms with Crippen molar-refractivity contribution in [1.82, 2.24) is 10.6 Å². The molecule has 1 heterocycles. The molecule has 0 saturated carbocycles. The van der Waals surface area contributed by atoms with Gasteiger partial charge in [0.05, 0.1) is 13.2 Å². The maximum Gasteiger partial charge on any atom is 0.239 e. The molecule has 2 amide bonds. The molecule has 0 radical (unpaired) electrons. The van der Waals surface area contributed by atoms with Crippen LogP contribution in [0.4, 0.5) is 5.69 Å². The highest BCUT2D eigenvalue weighted by Crippen LogP contribution is 2.09. The van der Waals surface area contributed by atoms with Gasteiger partial charge in [-0.05, 0) is 17.7 Å². The van der Waals surface area contributed by atoms with E-state index in [9.17, 15) is 9.59 Å². The number of anilines is 1. The number of carbonyl (C=O) groups excluding carboxylic acids is 2. The van der Waals surface area contributed by atoms with Crippen LogP contribution in [0.3, 0.4) is 0 Å². The molecule has 1 aromatic carbocycles. The number of hydrogen-bond acceptors (Lipinski definition) is 4. The summed E-state index contributed by atoms with van der Waals surface area (Å²) in [5.74, 6) is -0.162. The second kappa shape index (κ2) is 8.61. The minimum atomic E-state index is -0.276. The molecule has 1 fully saturated rings. The van der Waals surface area contributed by atoms with Crippen molar-refractivity contribution < 1.29 is 14.3 Å². The Balaban J connectivity index is 0.00000220. The van der Waals surface area contributed by atoms with Gasteiger partial charge in [0.15, 0.2) is 0 Å². The number of morpholine rings is 1. The molecule has 116 valence electrons. The van der Waals surface area contributed by atoms with Gasteiger partial charge in [-0.1, -0.05) is 12.1 Å². The van der Waals surface area contributed by atoms with Crippen LogP contribution in [0.1, 0.15) is 12.5 Å². The zero-order valence-corrected chi connectivity index (χ0v) is 12.7. The lowest BCUT2D eigenvalue weighted by atomic mass is 10.2. The molecule has 0 aliphatic carbocycles. The molecule has 0 bridgehead atoms. The Kier molecular flexibility index (Phi) is 7.14. The highest BCUT2D eigenvalue weighted by Gasteiger charge is 2.20. The van der Waals surface area contributed by atoms with E-state index in [1.165, 1.54) is 6.92 Å². The molecule has 1 aliphatic rings. The van der Waals surface area contributed by atoms with E-state index in [1.807, 2.05) is 24.3 Å². The summed E-state index contributed by atoms with van der Waals surface area (Å²) in [5.41, 5.74) is 1.72. The number of ether oxygens (including phenoxy) is 1. The zero-order chi connectivity index (χ0) is 14.4. The van der Waals surface area contributed by atoms with E-state index in [2.05, 4.69) is 16.0 Å². The largest absolute Gasteiger partial charge is 0.378 e. The molecule has 1 aliphatic heterocycles. The van der Waals surface area contributed by atoms with Crippen LogP contribution < -0.4 is 16.0 Å². The lowest BCUT2D eigenvalue weighted by Crippen LogP contribution is -2.51. The van der Waals surface area contributed by atoms with Gasteiger partial charge in [-0.25, -0.2) is 0 Å². The van der Waals surface area contributed by atoms with E-state index < -0.39 is 0 Å². The van der Waals surface area contributed by atoms with Crippen molar-refractivity contribution in [3.8, 4) is 0 Å². The highest BCUT2D eigenvalue weighted by atomic mass is 35.5. The fourth-order valence-corrected chi connectivity index (χ4v) is 1.96. The molecule has 21 heavy (non-hydrogen) atoms. The molecular formula is C14H20ClN3O3. The maximum absolute atomic E-state index is 11.9. The molecule has 6 nitrogen and oxygen atoms in total. The Hall–Kier alpha value is -1.63. The molecule has 2 rings (SSSR count). The van der Waals surface area contributed by atoms with Crippen molar-refractivity contribution in [2.75, 3.05) is 25.1 Å². The maximum atomic E-state index is 11.9. The van der Waals surface area contributed by atoms with E-state index in [1.54, 1.807) is 0 Å². The third kappa shape index (κ3) is 5.71. The Bertz CT molecular complexity index is 473. The third-order valence-electron chi connectivity index (χ3n) is 2.98. The first-order chi connectivity index (χ1) is 9.65. The molecule has 0 spiro atoms. The SMILES string of the molecule is CC(=O)Nc1ccc(CNC(=O)C2COCCN2)cc1.Cl. The smallest absolute Gasteiger partial charge is 0.239 e. The third-order valence-corrected chi connectivity index (χ3v) is 2.98. The Morgan fingerprint density at radius 3 is 2.62 bits per heavy atom. The topological polar surface area (TPSA) is 79.5 Å². The van der Waals surface area contributed by atoms with E-state index in [0.29, 0.717) is 26.3 Å². The fraction of sp³-hybridized carbons (Fsp3) is 0.429. The van der Waals surface area contributed by atoms with E-state index in [0.717, 1.165) is 11.3 Å². The second-order valence-corrected chi connectivity index (χ2v) is 4.68. The summed E-state index contributed by atoms with van der Waals surface area (Å²) < 4.78 is 5.24. The Morgan fingerprint density at radius 1 is 1.33 bits per heavy atom. The fourth-order valence-electron chi connectivity index (χ4n) is 1.96. The van der Waals surface area contributed by atoms with Gasteiger partial charge >= 0.3 is 0 Å². The number of carbonyl (C=O) groups is 2.